The van der Waals surface area contributed by atoms with E-state index in [1.807, 2.05) is 6.92 Å². The SMILES string of the molecule is CCCCS(=O)(=O)Nc1cnc(Cl)c(Br)c1. The van der Waals surface area contributed by atoms with E-state index in [9.17, 15) is 8.42 Å². The van der Waals surface area contributed by atoms with E-state index in [0.717, 1.165) is 6.42 Å². The maximum Gasteiger partial charge on any atom is 0.232 e. The number of hydrogen-bond acceptors (Lipinski definition) is 3. The van der Waals surface area contributed by atoms with Gasteiger partial charge in [-0.05, 0) is 28.4 Å². The lowest BCUT2D eigenvalue weighted by Crippen LogP contribution is -2.16. The molecule has 7 heteroatoms. The van der Waals surface area contributed by atoms with E-state index in [1.165, 1.54) is 6.20 Å². The Morgan fingerprint density at radius 1 is 1.56 bits per heavy atom. The Morgan fingerprint density at radius 3 is 2.81 bits per heavy atom. The van der Waals surface area contributed by atoms with Crippen molar-refractivity contribution in [2.24, 2.45) is 0 Å². The number of anilines is 1. The summed E-state index contributed by atoms with van der Waals surface area (Å²) >= 11 is 8.88. The summed E-state index contributed by atoms with van der Waals surface area (Å²) in [6.45, 7) is 1.94. The first-order valence-electron chi connectivity index (χ1n) is 4.76. The van der Waals surface area contributed by atoms with Gasteiger partial charge in [0, 0.05) is 0 Å². The molecule has 16 heavy (non-hydrogen) atoms. The quantitative estimate of drug-likeness (QED) is 0.846. The van der Waals surface area contributed by atoms with Gasteiger partial charge in [0.25, 0.3) is 0 Å². The monoisotopic (exact) mass is 326 g/mol. The Morgan fingerprint density at radius 2 is 2.25 bits per heavy atom. The number of nitrogens with one attached hydrogen (secondary N) is 1. The molecule has 0 spiro atoms. The molecule has 0 aliphatic rings. The van der Waals surface area contributed by atoms with E-state index in [2.05, 4.69) is 25.6 Å². The summed E-state index contributed by atoms with van der Waals surface area (Å²) in [5, 5.41) is 0.302. The van der Waals surface area contributed by atoms with Gasteiger partial charge in [0.05, 0.1) is 22.1 Å². The highest BCUT2D eigenvalue weighted by molar-refractivity contribution is 9.10. The largest absolute Gasteiger partial charge is 0.282 e. The van der Waals surface area contributed by atoms with Gasteiger partial charge in [-0.1, -0.05) is 24.9 Å². The van der Waals surface area contributed by atoms with Crippen molar-refractivity contribution in [3.63, 3.8) is 0 Å². The Kier molecular flexibility index (Phi) is 5.01. The van der Waals surface area contributed by atoms with Gasteiger partial charge < -0.3 is 0 Å². The van der Waals surface area contributed by atoms with E-state index in [-0.39, 0.29) is 5.75 Å². The fraction of sp³-hybridized carbons (Fsp3) is 0.444. The topological polar surface area (TPSA) is 59.1 Å². The normalized spacial score (nSPS) is 11.4. The summed E-state index contributed by atoms with van der Waals surface area (Å²) in [6.07, 6.45) is 2.86. The fourth-order valence-corrected chi connectivity index (χ4v) is 2.74. The van der Waals surface area contributed by atoms with E-state index in [0.29, 0.717) is 21.7 Å². The lowest BCUT2D eigenvalue weighted by Gasteiger charge is -2.07. The van der Waals surface area contributed by atoms with Crippen LogP contribution < -0.4 is 4.72 Å². The molecule has 0 aliphatic heterocycles. The predicted octanol–water partition coefficient (Wildman–Crippen LogP) is 3.04. The summed E-state index contributed by atoms with van der Waals surface area (Å²) in [5.74, 6) is 0.115. The van der Waals surface area contributed by atoms with Crippen molar-refractivity contribution < 1.29 is 8.42 Å². The van der Waals surface area contributed by atoms with Crippen molar-refractivity contribution >= 4 is 43.2 Å². The number of pyridine rings is 1. The van der Waals surface area contributed by atoms with Gasteiger partial charge in [-0.15, -0.1) is 0 Å². The van der Waals surface area contributed by atoms with Crippen molar-refractivity contribution in [1.29, 1.82) is 0 Å². The number of sulfonamides is 1. The lowest BCUT2D eigenvalue weighted by atomic mass is 10.4. The van der Waals surface area contributed by atoms with Crippen molar-refractivity contribution in [1.82, 2.24) is 4.98 Å². The van der Waals surface area contributed by atoms with Crippen LogP contribution in [0.5, 0.6) is 0 Å². The second-order valence-electron chi connectivity index (χ2n) is 3.27. The first-order valence-corrected chi connectivity index (χ1v) is 7.58. The smallest absolute Gasteiger partial charge is 0.232 e. The Balaban J connectivity index is 2.76. The van der Waals surface area contributed by atoms with Crippen LogP contribution in [-0.2, 0) is 10.0 Å². The standard InChI is InChI=1S/C9H12BrClN2O2S/c1-2-3-4-16(14,15)13-7-5-8(10)9(11)12-6-7/h5-6,13H,2-4H2,1H3. The molecule has 1 aromatic heterocycles. The molecule has 4 nitrogen and oxygen atoms in total. The van der Waals surface area contributed by atoms with E-state index < -0.39 is 10.0 Å². The maximum absolute atomic E-state index is 11.6. The van der Waals surface area contributed by atoms with Gasteiger partial charge in [0.15, 0.2) is 0 Å². The van der Waals surface area contributed by atoms with Crippen LogP contribution in [0.15, 0.2) is 16.7 Å². The molecule has 0 radical (unpaired) electrons. The summed E-state index contributed by atoms with van der Waals surface area (Å²) in [5.41, 5.74) is 0.410. The predicted molar refractivity (Wildman–Crippen MR) is 69.3 cm³/mol. The molecule has 0 unspecified atom stereocenters. The molecule has 1 N–H and O–H groups in total. The molecule has 1 heterocycles. The molecule has 0 amide bonds. The van der Waals surface area contributed by atoms with Crippen molar-refractivity contribution in [2.75, 3.05) is 10.5 Å². The van der Waals surface area contributed by atoms with E-state index in [4.69, 9.17) is 11.6 Å². The highest BCUT2D eigenvalue weighted by Gasteiger charge is 2.10. The zero-order valence-electron chi connectivity index (χ0n) is 8.70. The Hall–Kier alpha value is -0.330. The molecule has 0 saturated heterocycles. The molecule has 0 fully saturated rings. The van der Waals surface area contributed by atoms with Crippen LogP contribution in [0.3, 0.4) is 0 Å². The molecular formula is C9H12BrClN2O2S. The number of rotatable bonds is 5. The minimum Gasteiger partial charge on any atom is -0.282 e. The minimum absolute atomic E-state index is 0.115. The third-order valence-corrected chi connectivity index (χ3v) is 4.34. The van der Waals surface area contributed by atoms with Gasteiger partial charge in [-0.2, -0.15) is 0 Å². The van der Waals surface area contributed by atoms with Gasteiger partial charge in [0.2, 0.25) is 10.0 Å². The van der Waals surface area contributed by atoms with Crippen LogP contribution >= 0.6 is 27.5 Å². The summed E-state index contributed by atoms with van der Waals surface area (Å²) in [7, 11) is -3.28. The highest BCUT2D eigenvalue weighted by atomic mass is 79.9. The van der Waals surface area contributed by atoms with Gasteiger partial charge in [-0.3, -0.25) is 4.72 Å². The molecule has 0 atom stereocenters. The van der Waals surface area contributed by atoms with Crippen LogP contribution in [0.25, 0.3) is 0 Å². The van der Waals surface area contributed by atoms with Gasteiger partial charge in [-0.25, -0.2) is 13.4 Å². The molecule has 90 valence electrons. The second kappa shape index (κ2) is 5.84. The van der Waals surface area contributed by atoms with Crippen LogP contribution in [0, 0.1) is 0 Å². The minimum atomic E-state index is -3.28. The number of nitrogens with zero attached hydrogens (tertiary/aromatic N) is 1. The van der Waals surface area contributed by atoms with Crippen molar-refractivity contribution in [3.8, 4) is 0 Å². The molecule has 0 aromatic carbocycles. The number of unbranched alkanes of at least 4 members (excludes halogenated alkanes) is 1. The lowest BCUT2D eigenvalue weighted by molar-refractivity contribution is 0.598. The zero-order chi connectivity index (χ0) is 12.2. The Bertz CT molecular complexity index is 465. The van der Waals surface area contributed by atoms with Crippen molar-refractivity contribution in [2.45, 2.75) is 19.8 Å². The van der Waals surface area contributed by atoms with E-state index in [1.54, 1.807) is 6.07 Å². The second-order valence-corrected chi connectivity index (χ2v) is 6.33. The number of aromatic nitrogens is 1. The Labute approximate surface area is 109 Å². The molecule has 1 rings (SSSR count). The first kappa shape index (κ1) is 13.7. The molecule has 0 saturated carbocycles. The third-order valence-electron chi connectivity index (χ3n) is 1.84. The average Bonchev–Trinajstić information content (AvgIpc) is 2.20. The van der Waals surface area contributed by atoms with Crippen LogP contribution in [0.4, 0.5) is 5.69 Å². The van der Waals surface area contributed by atoms with Crippen LogP contribution in [-0.4, -0.2) is 19.2 Å². The molecule has 1 aromatic rings. The third kappa shape index (κ3) is 4.27. The molecule has 0 aliphatic carbocycles. The number of halogens is 2. The van der Waals surface area contributed by atoms with Crippen LogP contribution in [0.2, 0.25) is 5.15 Å². The molecular weight excluding hydrogens is 316 g/mol. The molecule has 0 bridgehead atoms. The van der Waals surface area contributed by atoms with Gasteiger partial charge >= 0.3 is 0 Å². The fourth-order valence-electron chi connectivity index (χ4n) is 1.04. The number of hydrogen-bond donors (Lipinski definition) is 1. The highest BCUT2D eigenvalue weighted by Crippen LogP contribution is 2.23. The summed E-state index contributed by atoms with van der Waals surface area (Å²) in [6, 6.07) is 1.58. The summed E-state index contributed by atoms with van der Waals surface area (Å²) in [4.78, 5) is 3.83. The zero-order valence-corrected chi connectivity index (χ0v) is 11.9. The first-order chi connectivity index (χ1) is 7.44. The summed E-state index contributed by atoms with van der Waals surface area (Å²) < 4.78 is 26.1. The van der Waals surface area contributed by atoms with E-state index >= 15 is 0 Å². The average molecular weight is 328 g/mol. The van der Waals surface area contributed by atoms with Gasteiger partial charge in [0.1, 0.15) is 5.15 Å². The maximum atomic E-state index is 11.6. The van der Waals surface area contributed by atoms with Crippen LogP contribution in [0.1, 0.15) is 19.8 Å². The van der Waals surface area contributed by atoms with Crippen molar-refractivity contribution in [3.05, 3.63) is 21.9 Å².